The Morgan fingerprint density at radius 1 is 1.22 bits per heavy atom. The highest BCUT2D eigenvalue weighted by atomic mass is 16.6. The lowest BCUT2D eigenvalue weighted by Crippen LogP contribution is -2.55. The third-order valence-corrected chi connectivity index (χ3v) is 8.22. The summed E-state index contributed by atoms with van der Waals surface area (Å²) in [4.78, 5) is 42.3. The number of anilines is 1. The van der Waals surface area contributed by atoms with Gasteiger partial charge in [0.2, 0.25) is 5.91 Å². The average Bonchev–Trinajstić information content (AvgIpc) is 2.91. The standard InChI is InChI=1S/C30H46N4O7/c1-29(2,3)41-28(38)32-19-30(11-15-39-16-12-30)27(37)34-24(26(35)36)10-14-40-23-17-20(18-23)6-8-22-9-7-21-5-4-13-31-25(21)33-22/h7,9,20,23-24H,4-6,8,10-19H2,1-3H3,(H,31,33)(H,32,38)(H,34,37)(H,35,36). The summed E-state index contributed by atoms with van der Waals surface area (Å²) in [6.45, 7) is 7.27. The number of rotatable bonds is 12. The zero-order chi connectivity index (χ0) is 29.5. The van der Waals surface area contributed by atoms with Crippen LogP contribution in [0, 0.1) is 11.3 Å². The average molecular weight is 575 g/mol. The smallest absolute Gasteiger partial charge is 0.407 e. The number of aryl methyl sites for hydroxylation is 2. The van der Waals surface area contributed by atoms with E-state index in [1.807, 2.05) is 0 Å². The highest BCUT2D eigenvalue weighted by Crippen LogP contribution is 2.34. The molecule has 1 aliphatic carbocycles. The highest BCUT2D eigenvalue weighted by molar-refractivity contribution is 5.88. The van der Waals surface area contributed by atoms with Gasteiger partial charge in [-0.15, -0.1) is 0 Å². The van der Waals surface area contributed by atoms with Crippen LogP contribution in [-0.4, -0.2) is 78.7 Å². The molecule has 11 heteroatoms. The van der Waals surface area contributed by atoms with Crippen molar-refractivity contribution in [3.05, 3.63) is 23.4 Å². The Kier molecular flexibility index (Phi) is 10.5. The number of ether oxygens (including phenoxy) is 3. The highest BCUT2D eigenvalue weighted by Gasteiger charge is 2.42. The van der Waals surface area contributed by atoms with Gasteiger partial charge in [-0.2, -0.15) is 0 Å². The summed E-state index contributed by atoms with van der Waals surface area (Å²) in [5, 5.41) is 18.6. The number of amides is 2. The van der Waals surface area contributed by atoms with Crippen LogP contribution in [0.5, 0.6) is 0 Å². The number of pyridine rings is 1. The SMILES string of the molecule is CC(C)(C)OC(=O)NCC1(C(=O)NC(CCOC2CC(CCc3ccc4c(n3)NCCC4)C2)C(=O)O)CCOCC1. The number of nitrogens with one attached hydrogen (secondary N) is 3. The molecule has 0 radical (unpaired) electrons. The molecule has 1 saturated heterocycles. The molecule has 1 aromatic heterocycles. The number of carbonyl (C=O) groups excluding carboxylic acids is 2. The molecule has 3 heterocycles. The van der Waals surface area contributed by atoms with Crippen molar-refractivity contribution in [2.24, 2.45) is 11.3 Å². The third-order valence-electron chi connectivity index (χ3n) is 8.22. The predicted octanol–water partition coefficient (Wildman–Crippen LogP) is 3.45. The van der Waals surface area contributed by atoms with E-state index in [2.05, 4.69) is 28.1 Å². The molecule has 4 N–H and O–H groups in total. The summed E-state index contributed by atoms with van der Waals surface area (Å²) in [6, 6.07) is 3.25. The Bertz CT molecular complexity index is 1060. The molecule has 3 aliphatic rings. The second-order valence-electron chi connectivity index (χ2n) is 12.6. The Morgan fingerprint density at radius 3 is 2.68 bits per heavy atom. The van der Waals surface area contributed by atoms with E-state index < -0.39 is 35.0 Å². The topological polar surface area (TPSA) is 148 Å². The zero-order valence-corrected chi connectivity index (χ0v) is 24.6. The molecule has 2 aliphatic heterocycles. The van der Waals surface area contributed by atoms with Crippen LogP contribution in [0.2, 0.25) is 0 Å². The van der Waals surface area contributed by atoms with Gasteiger partial charge in [-0.3, -0.25) is 4.79 Å². The minimum absolute atomic E-state index is 0.0426. The molecular formula is C30H46N4O7. The summed E-state index contributed by atoms with van der Waals surface area (Å²) >= 11 is 0. The minimum Gasteiger partial charge on any atom is -0.480 e. The molecular weight excluding hydrogens is 528 g/mol. The maximum absolute atomic E-state index is 13.3. The van der Waals surface area contributed by atoms with Crippen LogP contribution >= 0.6 is 0 Å². The Hall–Kier alpha value is -2.92. The van der Waals surface area contributed by atoms with Gasteiger partial charge in [-0.05, 0) is 89.7 Å². The fourth-order valence-corrected chi connectivity index (χ4v) is 5.63. The van der Waals surface area contributed by atoms with Crippen molar-refractivity contribution in [2.75, 3.05) is 38.2 Å². The lowest BCUT2D eigenvalue weighted by Gasteiger charge is -2.37. The van der Waals surface area contributed by atoms with E-state index in [0.29, 0.717) is 32.0 Å². The van der Waals surface area contributed by atoms with Crippen LogP contribution in [-0.2, 0) is 36.6 Å². The van der Waals surface area contributed by atoms with Crippen molar-refractivity contribution in [2.45, 2.75) is 96.3 Å². The number of carboxylic acids is 1. The van der Waals surface area contributed by atoms with E-state index in [9.17, 15) is 19.5 Å². The van der Waals surface area contributed by atoms with Crippen molar-refractivity contribution >= 4 is 23.8 Å². The molecule has 1 aromatic rings. The Labute approximate surface area is 242 Å². The lowest BCUT2D eigenvalue weighted by atomic mass is 9.78. The number of hydrogen-bond acceptors (Lipinski definition) is 8. The van der Waals surface area contributed by atoms with Crippen molar-refractivity contribution < 1.29 is 33.7 Å². The van der Waals surface area contributed by atoms with E-state index in [1.165, 1.54) is 5.56 Å². The molecule has 0 bridgehead atoms. The van der Waals surface area contributed by atoms with Crippen LogP contribution in [0.25, 0.3) is 0 Å². The first-order valence-corrected chi connectivity index (χ1v) is 15.0. The molecule has 228 valence electrons. The summed E-state index contributed by atoms with van der Waals surface area (Å²) in [7, 11) is 0. The van der Waals surface area contributed by atoms with E-state index in [1.54, 1.807) is 20.8 Å². The first kappa shape index (κ1) is 31.0. The fraction of sp³-hybridized carbons (Fsp3) is 0.733. The quantitative estimate of drug-likeness (QED) is 0.295. The van der Waals surface area contributed by atoms with Gasteiger partial charge in [0, 0.05) is 45.0 Å². The number of fused-ring (bicyclic) bond motifs is 1. The van der Waals surface area contributed by atoms with Crippen molar-refractivity contribution in [3.63, 3.8) is 0 Å². The van der Waals surface area contributed by atoms with Gasteiger partial charge in [-0.25, -0.2) is 14.6 Å². The molecule has 0 spiro atoms. The maximum atomic E-state index is 13.3. The van der Waals surface area contributed by atoms with Gasteiger partial charge in [0.05, 0.1) is 11.5 Å². The summed E-state index contributed by atoms with van der Waals surface area (Å²) in [5.41, 5.74) is 0.786. The molecule has 2 amide bonds. The Morgan fingerprint density at radius 2 is 1.98 bits per heavy atom. The molecule has 1 unspecified atom stereocenters. The van der Waals surface area contributed by atoms with E-state index in [4.69, 9.17) is 19.2 Å². The van der Waals surface area contributed by atoms with Crippen LogP contribution in [0.1, 0.15) is 77.0 Å². The zero-order valence-electron chi connectivity index (χ0n) is 24.6. The number of hydrogen-bond donors (Lipinski definition) is 4. The molecule has 2 fully saturated rings. The van der Waals surface area contributed by atoms with Gasteiger partial charge < -0.3 is 35.3 Å². The number of carbonyl (C=O) groups is 3. The third kappa shape index (κ3) is 9.03. The van der Waals surface area contributed by atoms with Crippen molar-refractivity contribution in [1.82, 2.24) is 15.6 Å². The van der Waals surface area contributed by atoms with Crippen LogP contribution in [0.4, 0.5) is 10.6 Å². The predicted molar refractivity (Wildman–Crippen MR) is 153 cm³/mol. The van der Waals surface area contributed by atoms with Crippen LogP contribution < -0.4 is 16.0 Å². The second kappa shape index (κ2) is 13.8. The summed E-state index contributed by atoms with van der Waals surface area (Å²) in [6.07, 6.45) is 6.55. The number of aromatic nitrogens is 1. The lowest BCUT2D eigenvalue weighted by molar-refractivity contribution is -0.146. The largest absolute Gasteiger partial charge is 0.480 e. The number of alkyl carbamates (subject to hydrolysis) is 1. The van der Waals surface area contributed by atoms with E-state index in [0.717, 1.165) is 56.6 Å². The van der Waals surface area contributed by atoms with Gasteiger partial charge in [0.25, 0.3) is 0 Å². The van der Waals surface area contributed by atoms with Gasteiger partial charge in [-0.1, -0.05) is 6.07 Å². The van der Waals surface area contributed by atoms with Crippen LogP contribution in [0.15, 0.2) is 12.1 Å². The van der Waals surface area contributed by atoms with Crippen molar-refractivity contribution in [3.8, 4) is 0 Å². The molecule has 11 nitrogen and oxygen atoms in total. The van der Waals surface area contributed by atoms with E-state index >= 15 is 0 Å². The first-order chi connectivity index (χ1) is 19.5. The number of carboxylic acid groups (broad SMARTS) is 1. The van der Waals surface area contributed by atoms with Gasteiger partial charge >= 0.3 is 12.1 Å². The van der Waals surface area contributed by atoms with Crippen molar-refractivity contribution in [1.29, 1.82) is 0 Å². The first-order valence-electron chi connectivity index (χ1n) is 15.0. The summed E-state index contributed by atoms with van der Waals surface area (Å²) in [5.74, 6) is 0.0963. The molecule has 0 aromatic carbocycles. The molecule has 4 rings (SSSR count). The normalized spacial score (nSPS) is 22.3. The number of nitrogens with zero attached hydrogens (tertiary/aromatic N) is 1. The maximum Gasteiger partial charge on any atom is 0.407 e. The second-order valence-corrected chi connectivity index (χ2v) is 12.6. The van der Waals surface area contributed by atoms with Gasteiger partial charge in [0.1, 0.15) is 17.5 Å². The summed E-state index contributed by atoms with van der Waals surface area (Å²) < 4.78 is 16.7. The minimum atomic E-state index is -1.11. The molecule has 41 heavy (non-hydrogen) atoms. The number of aliphatic carboxylic acids is 1. The van der Waals surface area contributed by atoms with Crippen LogP contribution in [0.3, 0.4) is 0 Å². The Balaban J connectivity index is 1.18. The van der Waals surface area contributed by atoms with Gasteiger partial charge in [0.15, 0.2) is 0 Å². The molecule has 1 saturated carbocycles. The molecule has 1 atom stereocenters. The monoisotopic (exact) mass is 574 g/mol. The fourth-order valence-electron chi connectivity index (χ4n) is 5.63. The van der Waals surface area contributed by atoms with E-state index in [-0.39, 0.29) is 25.7 Å².